The molecule has 2 aromatic rings. The molecule has 1 fully saturated rings. The van der Waals surface area contributed by atoms with E-state index in [0.29, 0.717) is 24.3 Å². The molecule has 28 heavy (non-hydrogen) atoms. The van der Waals surface area contributed by atoms with Crippen molar-refractivity contribution < 1.29 is 18.6 Å². The molecule has 0 spiro atoms. The largest absolute Gasteiger partial charge is 0.505 e. The standard InChI is InChI=1S/C24H30F2O2/c1-15(17-7-8-20(25)21(27)13-17)11-18-12-19(24(2,3)4)14-22(23(18)26)28-10-9-16-5-6-16/h7-8,12-16,27H,5-6,9-11H2,1-4H3. The van der Waals surface area contributed by atoms with Gasteiger partial charge in [-0.3, -0.25) is 0 Å². The van der Waals surface area contributed by atoms with Crippen molar-refractivity contribution in [2.45, 2.75) is 64.7 Å². The molecular formula is C24H30F2O2. The van der Waals surface area contributed by atoms with E-state index in [2.05, 4.69) is 20.8 Å². The fourth-order valence-corrected chi connectivity index (χ4v) is 3.37. The fraction of sp³-hybridized carbons (Fsp3) is 0.500. The first-order valence-corrected chi connectivity index (χ1v) is 10.1. The van der Waals surface area contributed by atoms with Crippen LogP contribution in [0, 0.1) is 17.6 Å². The molecule has 0 amide bonds. The minimum atomic E-state index is -0.650. The predicted molar refractivity (Wildman–Crippen MR) is 108 cm³/mol. The van der Waals surface area contributed by atoms with E-state index < -0.39 is 5.82 Å². The molecular weight excluding hydrogens is 358 g/mol. The summed E-state index contributed by atoms with van der Waals surface area (Å²) in [5.74, 6) is -0.366. The highest BCUT2D eigenvalue weighted by atomic mass is 19.1. The Morgan fingerprint density at radius 3 is 2.46 bits per heavy atom. The van der Waals surface area contributed by atoms with E-state index in [0.717, 1.165) is 23.5 Å². The molecule has 0 aliphatic heterocycles. The average Bonchev–Trinajstić information content (AvgIpc) is 3.43. The molecule has 1 atom stereocenters. The molecule has 1 N–H and O–H groups in total. The van der Waals surface area contributed by atoms with Gasteiger partial charge in [-0.2, -0.15) is 0 Å². The van der Waals surface area contributed by atoms with Gasteiger partial charge in [0.05, 0.1) is 6.61 Å². The van der Waals surface area contributed by atoms with Crippen molar-refractivity contribution in [2.24, 2.45) is 5.92 Å². The summed E-state index contributed by atoms with van der Waals surface area (Å²) >= 11 is 0. The van der Waals surface area contributed by atoms with E-state index >= 15 is 4.39 Å². The predicted octanol–water partition coefficient (Wildman–Crippen LogP) is 6.49. The van der Waals surface area contributed by atoms with Crippen LogP contribution in [0.25, 0.3) is 0 Å². The normalized spacial score (nSPS) is 15.5. The van der Waals surface area contributed by atoms with Crippen LogP contribution in [-0.4, -0.2) is 11.7 Å². The first kappa shape index (κ1) is 20.6. The van der Waals surface area contributed by atoms with Crippen molar-refractivity contribution in [1.29, 1.82) is 0 Å². The first-order chi connectivity index (χ1) is 13.1. The number of rotatable bonds is 7. The topological polar surface area (TPSA) is 29.5 Å². The Hall–Kier alpha value is -2.10. The lowest BCUT2D eigenvalue weighted by Gasteiger charge is -2.23. The lowest BCUT2D eigenvalue weighted by Crippen LogP contribution is -2.14. The van der Waals surface area contributed by atoms with Crippen LogP contribution in [0.3, 0.4) is 0 Å². The zero-order valence-electron chi connectivity index (χ0n) is 17.2. The van der Waals surface area contributed by atoms with Crippen molar-refractivity contribution in [3.63, 3.8) is 0 Å². The summed E-state index contributed by atoms with van der Waals surface area (Å²) < 4.78 is 34.3. The Kier molecular flexibility index (Phi) is 5.97. The van der Waals surface area contributed by atoms with Crippen molar-refractivity contribution in [1.82, 2.24) is 0 Å². The fourth-order valence-electron chi connectivity index (χ4n) is 3.37. The lowest BCUT2D eigenvalue weighted by atomic mass is 9.84. The van der Waals surface area contributed by atoms with E-state index in [1.165, 1.54) is 25.0 Å². The third kappa shape index (κ3) is 5.03. The molecule has 3 rings (SSSR count). The van der Waals surface area contributed by atoms with E-state index in [-0.39, 0.29) is 22.9 Å². The Labute approximate surface area is 166 Å². The summed E-state index contributed by atoms with van der Waals surface area (Å²) in [5.41, 5.74) is 2.26. The summed E-state index contributed by atoms with van der Waals surface area (Å²) in [4.78, 5) is 0. The third-order valence-electron chi connectivity index (χ3n) is 5.53. The van der Waals surface area contributed by atoms with Gasteiger partial charge in [-0.25, -0.2) is 8.78 Å². The number of ether oxygens (including phenoxy) is 1. The highest BCUT2D eigenvalue weighted by Crippen LogP contribution is 2.35. The van der Waals surface area contributed by atoms with Gasteiger partial charge >= 0.3 is 0 Å². The second-order valence-electron chi connectivity index (χ2n) is 9.09. The summed E-state index contributed by atoms with van der Waals surface area (Å²) in [6.45, 7) is 8.78. The van der Waals surface area contributed by atoms with Gasteiger partial charge in [-0.05, 0) is 65.0 Å². The van der Waals surface area contributed by atoms with Gasteiger partial charge in [-0.15, -0.1) is 0 Å². The van der Waals surface area contributed by atoms with Crippen LogP contribution in [0.2, 0.25) is 0 Å². The third-order valence-corrected chi connectivity index (χ3v) is 5.53. The van der Waals surface area contributed by atoms with Gasteiger partial charge < -0.3 is 9.84 Å². The lowest BCUT2D eigenvalue weighted by molar-refractivity contribution is 0.286. The molecule has 4 heteroatoms. The molecule has 2 aromatic carbocycles. The highest BCUT2D eigenvalue weighted by molar-refractivity contribution is 5.41. The van der Waals surface area contributed by atoms with Gasteiger partial charge in [0.25, 0.3) is 0 Å². The molecule has 1 unspecified atom stereocenters. The van der Waals surface area contributed by atoms with Crippen molar-refractivity contribution in [2.75, 3.05) is 6.61 Å². The number of aromatic hydroxyl groups is 1. The maximum atomic E-state index is 15.2. The molecule has 152 valence electrons. The average molecular weight is 388 g/mol. The van der Waals surface area contributed by atoms with Crippen LogP contribution in [0.15, 0.2) is 30.3 Å². The van der Waals surface area contributed by atoms with Crippen LogP contribution in [0.1, 0.15) is 69.6 Å². The maximum Gasteiger partial charge on any atom is 0.168 e. The van der Waals surface area contributed by atoms with E-state index in [9.17, 15) is 9.50 Å². The SMILES string of the molecule is CC(Cc1cc(C(C)(C)C)cc(OCCC2CC2)c1F)c1ccc(F)c(O)c1. The summed E-state index contributed by atoms with van der Waals surface area (Å²) in [5, 5.41) is 9.64. The number of benzene rings is 2. The molecule has 1 saturated carbocycles. The summed E-state index contributed by atoms with van der Waals surface area (Å²) in [7, 11) is 0. The zero-order valence-corrected chi connectivity index (χ0v) is 17.2. The molecule has 0 heterocycles. The minimum absolute atomic E-state index is 0.0736. The van der Waals surface area contributed by atoms with Gasteiger partial charge in [0.15, 0.2) is 23.1 Å². The summed E-state index contributed by atoms with van der Waals surface area (Å²) in [6.07, 6.45) is 3.92. The summed E-state index contributed by atoms with van der Waals surface area (Å²) in [6, 6.07) is 8.02. The molecule has 0 bridgehead atoms. The molecule has 0 saturated heterocycles. The van der Waals surface area contributed by atoms with Gasteiger partial charge in [0.1, 0.15) is 0 Å². The molecule has 2 nitrogen and oxygen atoms in total. The number of halogens is 2. The minimum Gasteiger partial charge on any atom is -0.505 e. The maximum absolute atomic E-state index is 15.2. The Balaban J connectivity index is 1.85. The monoisotopic (exact) mass is 388 g/mol. The van der Waals surface area contributed by atoms with Crippen LogP contribution in [0.4, 0.5) is 8.78 Å². The smallest absolute Gasteiger partial charge is 0.168 e. The number of hydrogen-bond acceptors (Lipinski definition) is 2. The van der Waals surface area contributed by atoms with Gasteiger partial charge in [0.2, 0.25) is 0 Å². The van der Waals surface area contributed by atoms with Gasteiger partial charge in [-0.1, -0.05) is 52.7 Å². The second kappa shape index (κ2) is 8.10. The molecule has 0 radical (unpaired) electrons. The first-order valence-electron chi connectivity index (χ1n) is 10.1. The van der Waals surface area contributed by atoms with E-state index in [4.69, 9.17) is 4.74 Å². The van der Waals surface area contributed by atoms with Crippen molar-refractivity contribution >= 4 is 0 Å². The number of phenols is 1. The van der Waals surface area contributed by atoms with Crippen LogP contribution in [0.5, 0.6) is 11.5 Å². The highest BCUT2D eigenvalue weighted by Gasteiger charge is 2.23. The van der Waals surface area contributed by atoms with Crippen LogP contribution < -0.4 is 4.74 Å². The number of hydrogen-bond donors (Lipinski definition) is 1. The van der Waals surface area contributed by atoms with E-state index in [1.54, 1.807) is 6.07 Å². The quantitative estimate of drug-likeness (QED) is 0.587. The zero-order chi connectivity index (χ0) is 20.5. The van der Waals surface area contributed by atoms with Crippen molar-refractivity contribution in [3.05, 3.63) is 58.7 Å². The molecule has 0 aromatic heterocycles. The number of phenolic OH excluding ortho intramolecular Hbond substituents is 1. The Bertz CT molecular complexity index is 835. The second-order valence-corrected chi connectivity index (χ2v) is 9.09. The van der Waals surface area contributed by atoms with E-state index in [1.807, 2.05) is 19.1 Å². The molecule has 1 aliphatic rings. The van der Waals surface area contributed by atoms with Crippen LogP contribution >= 0.6 is 0 Å². The van der Waals surface area contributed by atoms with Crippen molar-refractivity contribution in [3.8, 4) is 11.5 Å². The van der Waals surface area contributed by atoms with Crippen LogP contribution in [-0.2, 0) is 11.8 Å². The molecule has 1 aliphatic carbocycles. The Morgan fingerprint density at radius 1 is 1.14 bits per heavy atom. The Morgan fingerprint density at radius 2 is 1.86 bits per heavy atom. The van der Waals surface area contributed by atoms with Gasteiger partial charge in [0, 0.05) is 0 Å².